The molecule has 8 heteroatoms. The highest BCUT2D eigenvalue weighted by Gasteiger charge is 2.53. The Bertz CT molecular complexity index is 825. The highest BCUT2D eigenvalue weighted by Crippen LogP contribution is 2.37. The summed E-state index contributed by atoms with van der Waals surface area (Å²) in [6.07, 6.45) is -4.69. The molecule has 0 aromatic heterocycles. The molecular formula is C18H17ClF3NO3. The van der Waals surface area contributed by atoms with Crippen molar-refractivity contribution < 1.29 is 27.9 Å². The fourth-order valence-corrected chi connectivity index (χ4v) is 3.22. The van der Waals surface area contributed by atoms with Crippen molar-refractivity contribution in [2.75, 3.05) is 13.1 Å². The monoisotopic (exact) mass is 387 g/mol. The SMILES string of the molecule is Cl.O=C(O)[C@@H]1CN(C(=O)Cc2ccc3ccccc3c2)C[C@H]1C(F)(F)F. The number of carbonyl (C=O) groups excluding carboxylic acids is 1. The molecule has 2 atom stereocenters. The first-order chi connectivity index (χ1) is 11.8. The third kappa shape index (κ3) is 4.09. The summed E-state index contributed by atoms with van der Waals surface area (Å²) in [7, 11) is 0. The van der Waals surface area contributed by atoms with Gasteiger partial charge in [0.25, 0.3) is 0 Å². The van der Waals surface area contributed by atoms with Crippen molar-refractivity contribution in [3.8, 4) is 0 Å². The predicted molar refractivity (Wildman–Crippen MR) is 92.2 cm³/mol. The second-order valence-corrected chi connectivity index (χ2v) is 6.25. The molecule has 1 amide bonds. The van der Waals surface area contributed by atoms with Crippen LogP contribution in [0, 0.1) is 11.8 Å². The molecule has 0 unspecified atom stereocenters. The average Bonchev–Trinajstić information content (AvgIpc) is 3.01. The van der Waals surface area contributed by atoms with Gasteiger partial charge >= 0.3 is 12.1 Å². The molecule has 140 valence electrons. The predicted octanol–water partition coefficient (Wildman–Crippen LogP) is 3.53. The molecule has 0 radical (unpaired) electrons. The molecule has 2 aromatic rings. The zero-order valence-corrected chi connectivity index (χ0v) is 14.4. The Morgan fingerprint density at radius 1 is 1.08 bits per heavy atom. The van der Waals surface area contributed by atoms with Crippen molar-refractivity contribution in [1.82, 2.24) is 4.90 Å². The summed E-state index contributed by atoms with van der Waals surface area (Å²) in [5.74, 6) is -5.65. The van der Waals surface area contributed by atoms with Gasteiger partial charge < -0.3 is 10.0 Å². The fraction of sp³-hybridized carbons (Fsp3) is 0.333. The molecule has 1 aliphatic heterocycles. The van der Waals surface area contributed by atoms with Crippen LogP contribution < -0.4 is 0 Å². The van der Waals surface area contributed by atoms with Gasteiger partial charge in [0, 0.05) is 13.1 Å². The van der Waals surface area contributed by atoms with Gasteiger partial charge in [-0.05, 0) is 16.3 Å². The standard InChI is InChI=1S/C18H16F3NO3.ClH/c19-18(20,21)15-10-22(9-14(15)17(24)25)16(23)8-11-5-6-12-3-1-2-4-13(12)7-11;/h1-7,14-15H,8-10H2,(H,24,25);1H/t14-,15-;/m1./s1. The third-order valence-corrected chi connectivity index (χ3v) is 4.58. The van der Waals surface area contributed by atoms with Crippen LogP contribution in [0.4, 0.5) is 13.2 Å². The lowest BCUT2D eigenvalue weighted by atomic mass is 9.96. The number of carbonyl (C=O) groups is 2. The minimum atomic E-state index is -4.64. The molecule has 0 saturated carbocycles. The van der Waals surface area contributed by atoms with Gasteiger partial charge in [-0.25, -0.2) is 0 Å². The number of likely N-dealkylation sites (tertiary alicyclic amines) is 1. The van der Waals surface area contributed by atoms with E-state index in [4.69, 9.17) is 5.11 Å². The van der Waals surface area contributed by atoms with E-state index in [1.165, 1.54) is 0 Å². The molecule has 0 bridgehead atoms. The van der Waals surface area contributed by atoms with Crippen LogP contribution in [0.15, 0.2) is 42.5 Å². The lowest BCUT2D eigenvalue weighted by molar-refractivity contribution is -0.188. The van der Waals surface area contributed by atoms with E-state index >= 15 is 0 Å². The number of benzene rings is 2. The van der Waals surface area contributed by atoms with Gasteiger partial charge in [0.15, 0.2) is 0 Å². The molecule has 26 heavy (non-hydrogen) atoms. The first-order valence-electron chi connectivity index (χ1n) is 7.80. The number of nitrogens with zero attached hydrogens (tertiary/aromatic N) is 1. The summed E-state index contributed by atoms with van der Waals surface area (Å²) in [5.41, 5.74) is 0.686. The summed E-state index contributed by atoms with van der Waals surface area (Å²) in [6, 6.07) is 13.0. The van der Waals surface area contributed by atoms with Gasteiger partial charge in [0.2, 0.25) is 5.91 Å². The smallest absolute Gasteiger partial charge is 0.394 e. The number of hydrogen-bond acceptors (Lipinski definition) is 2. The van der Waals surface area contributed by atoms with Crippen LogP contribution in [0.3, 0.4) is 0 Å². The van der Waals surface area contributed by atoms with E-state index in [1.54, 1.807) is 6.07 Å². The molecule has 0 aliphatic carbocycles. The quantitative estimate of drug-likeness (QED) is 0.876. The summed E-state index contributed by atoms with van der Waals surface area (Å²) in [6.45, 7) is -1.02. The van der Waals surface area contributed by atoms with Gasteiger partial charge in [-0.2, -0.15) is 13.2 Å². The van der Waals surface area contributed by atoms with Crippen LogP contribution in [-0.4, -0.2) is 41.1 Å². The van der Waals surface area contributed by atoms with Crippen LogP contribution in [0.1, 0.15) is 5.56 Å². The van der Waals surface area contributed by atoms with Crippen LogP contribution >= 0.6 is 12.4 Å². The zero-order valence-electron chi connectivity index (χ0n) is 13.6. The molecule has 3 rings (SSSR count). The lowest BCUT2D eigenvalue weighted by Crippen LogP contribution is -2.34. The van der Waals surface area contributed by atoms with Gasteiger partial charge in [-0.3, -0.25) is 9.59 Å². The summed E-state index contributed by atoms with van der Waals surface area (Å²) < 4.78 is 39.0. The maximum Gasteiger partial charge on any atom is 0.394 e. The number of alkyl halides is 3. The number of amides is 1. The molecule has 1 aliphatic rings. The Balaban J connectivity index is 0.00000243. The maximum absolute atomic E-state index is 13.0. The topological polar surface area (TPSA) is 57.6 Å². The molecular weight excluding hydrogens is 371 g/mol. The highest BCUT2D eigenvalue weighted by atomic mass is 35.5. The van der Waals surface area contributed by atoms with E-state index in [0.29, 0.717) is 5.56 Å². The lowest BCUT2D eigenvalue weighted by Gasteiger charge is -2.18. The number of carboxylic acids is 1. The molecule has 1 fully saturated rings. The number of rotatable bonds is 3. The number of carboxylic acid groups (broad SMARTS) is 1. The van der Waals surface area contributed by atoms with Gasteiger partial charge in [-0.1, -0.05) is 42.5 Å². The van der Waals surface area contributed by atoms with Gasteiger partial charge in [0.1, 0.15) is 0 Å². The fourth-order valence-electron chi connectivity index (χ4n) is 3.22. The maximum atomic E-state index is 13.0. The zero-order chi connectivity index (χ0) is 18.2. The molecule has 0 spiro atoms. The van der Waals surface area contributed by atoms with E-state index < -0.39 is 43.0 Å². The molecule has 4 nitrogen and oxygen atoms in total. The number of fused-ring (bicyclic) bond motifs is 1. The van der Waals surface area contributed by atoms with E-state index in [0.717, 1.165) is 15.7 Å². The Hall–Kier alpha value is -2.28. The second-order valence-electron chi connectivity index (χ2n) is 6.25. The van der Waals surface area contributed by atoms with E-state index in [9.17, 15) is 22.8 Å². The number of aliphatic carboxylic acids is 1. The first-order valence-corrected chi connectivity index (χ1v) is 7.80. The van der Waals surface area contributed by atoms with Gasteiger partial charge in [0.05, 0.1) is 18.3 Å². The largest absolute Gasteiger partial charge is 0.481 e. The summed E-state index contributed by atoms with van der Waals surface area (Å²) >= 11 is 0. The Kier molecular flexibility index (Phi) is 5.81. The van der Waals surface area contributed by atoms with Crippen LogP contribution in [0.5, 0.6) is 0 Å². The van der Waals surface area contributed by atoms with Gasteiger partial charge in [-0.15, -0.1) is 12.4 Å². The van der Waals surface area contributed by atoms with Crippen molar-refractivity contribution in [1.29, 1.82) is 0 Å². The van der Waals surface area contributed by atoms with Crippen LogP contribution in [0.2, 0.25) is 0 Å². The van der Waals surface area contributed by atoms with Crippen molar-refractivity contribution in [3.05, 3.63) is 48.0 Å². The van der Waals surface area contributed by atoms with Crippen LogP contribution in [-0.2, 0) is 16.0 Å². The Labute approximate surface area is 154 Å². The first kappa shape index (κ1) is 20.0. The highest BCUT2D eigenvalue weighted by molar-refractivity contribution is 5.86. The average molecular weight is 388 g/mol. The minimum Gasteiger partial charge on any atom is -0.481 e. The minimum absolute atomic E-state index is 0. The Morgan fingerprint density at radius 2 is 1.73 bits per heavy atom. The van der Waals surface area contributed by atoms with Crippen molar-refractivity contribution in [2.45, 2.75) is 12.6 Å². The molecule has 1 heterocycles. The molecule has 2 aromatic carbocycles. The van der Waals surface area contributed by atoms with E-state index in [1.807, 2.05) is 36.4 Å². The normalized spacial score (nSPS) is 20.0. The van der Waals surface area contributed by atoms with Crippen molar-refractivity contribution in [3.63, 3.8) is 0 Å². The van der Waals surface area contributed by atoms with Crippen molar-refractivity contribution in [2.24, 2.45) is 11.8 Å². The van der Waals surface area contributed by atoms with E-state index in [2.05, 4.69) is 0 Å². The number of hydrogen-bond donors (Lipinski definition) is 1. The van der Waals surface area contributed by atoms with Crippen LogP contribution in [0.25, 0.3) is 10.8 Å². The summed E-state index contributed by atoms with van der Waals surface area (Å²) in [5, 5.41) is 11.0. The van der Waals surface area contributed by atoms with Crippen molar-refractivity contribution >= 4 is 35.1 Å². The summed E-state index contributed by atoms with van der Waals surface area (Å²) in [4.78, 5) is 24.5. The van der Waals surface area contributed by atoms with E-state index in [-0.39, 0.29) is 18.8 Å². The third-order valence-electron chi connectivity index (χ3n) is 4.58. The number of halogens is 4. The Morgan fingerprint density at radius 3 is 2.31 bits per heavy atom. The molecule has 1 N–H and O–H groups in total. The molecule has 1 saturated heterocycles. The second kappa shape index (κ2) is 7.53.